The molecule has 0 aromatic heterocycles. The van der Waals surface area contributed by atoms with Crippen LogP contribution < -0.4 is 5.32 Å². The number of sulfonamides is 1. The Balaban J connectivity index is 3.71. The molecule has 7 heteroatoms. The smallest absolute Gasteiger partial charge is 0.307 e. The normalized spacial score (nSPS) is 12.7. The number of nitrogens with one attached hydrogen (secondary N) is 1. The molecule has 0 heterocycles. The number of hydrogen-bond acceptors (Lipinski definition) is 5. The summed E-state index contributed by atoms with van der Waals surface area (Å²) in [5.41, 5.74) is -0.450. The Labute approximate surface area is 122 Å². The number of nitrogens with zero attached hydrogens (tertiary/aromatic N) is 1. The lowest BCUT2D eigenvalue weighted by Crippen LogP contribution is -2.33. The van der Waals surface area contributed by atoms with Crippen molar-refractivity contribution in [3.05, 3.63) is 0 Å². The fourth-order valence-electron chi connectivity index (χ4n) is 1.65. The molecule has 0 aromatic rings. The Morgan fingerprint density at radius 1 is 1.25 bits per heavy atom. The third-order valence-corrected chi connectivity index (χ3v) is 3.89. The summed E-state index contributed by atoms with van der Waals surface area (Å²) in [6.45, 7) is 9.52. The van der Waals surface area contributed by atoms with Crippen molar-refractivity contribution in [2.45, 2.75) is 46.1 Å². The largest absolute Gasteiger partial charge is 0.460 e. The zero-order chi connectivity index (χ0) is 15.8. The highest BCUT2D eigenvalue weighted by Gasteiger charge is 2.16. The predicted octanol–water partition coefficient (Wildman–Crippen LogP) is 0.979. The Morgan fingerprint density at radius 3 is 2.30 bits per heavy atom. The standard InChI is InChI=1S/C13H28N2O4S/c1-6-15(20(5,17)18)11-7-9-14-10-8-12(16)19-13(2,3)4/h14H,6-11H2,1-5H3. The minimum absolute atomic E-state index is 0.226. The van der Waals surface area contributed by atoms with Crippen LogP contribution in [0.3, 0.4) is 0 Å². The highest BCUT2D eigenvalue weighted by Crippen LogP contribution is 2.07. The molecule has 0 aromatic carbocycles. The molecule has 0 aliphatic heterocycles. The summed E-state index contributed by atoms with van der Waals surface area (Å²) < 4.78 is 29.3. The van der Waals surface area contributed by atoms with Crippen molar-refractivity contribution in [2.75, 3.05) is 32.4 Å². The number of carbonyl (C=O) groups excluding carboxylic acids is 1. The average molecular weight is 308 g/mol. The van der Waals surface area contributed by atoms with E-state index in [0.717, 1.165) is 6.42 Å². The molecule has 0 rings (SSSR count). The van der Waals surface area contributed by atoms with E-state index in [0.29, 0.717) is 32.6 Å². The van der Waals surface area contributed by atoms with E-state index in [2.05, 4.69) is 5.32 Å². The summed E-state index contributed by atoms with van der Waals surface area (Å²) in [5.74, 6) is -0.226. The minimum atomic E-state index is -3.11. The van der Waals surface area contributed by atoms with Crippen molar-refractivity contribution >= 4 is 16.0 Å². The summed E-state index contributed by atoms with van der Waals surface area (Å²) in [6.07, 6.45) is 2.25. The van der Waals surface area contributed by atoms with Gasteiger partial charge in [-0.05, 0) is 33.7 Å². The van der Waals surface area contributed by atoms with Gasteiger partial charge < -0.3 is 10.1 Å². The van der Waals surface area contributed by atoms with Gasteiger partial charge >= 0.3 is 5.97 Å². The van der Waals surface area contributed by atoms with Gasteiger partial charge in [0, 0.05) is 19.6 Å². The van der Waals surface area contributed by atoms with Gasteiger partial charge in [-0.3, -0.25) is 4.79 Å². The third kappa shape index (κ3) is 10.2. The second-order valence-corrected chi connectivity index (χ2v) is 7.68. The fourth-order valence-corrected chi connectivity index (χ4v) is 2.58. The van der Waals surface area contributed by atoms with Gasteiger partial charge in [-0.25, -0.2) is 12.7 Å². The highest BCUT2D eigenvalue weighted by atomic mass is 32.2. The van der Waals surface area contributed by atoms with E-state index < -0.39 is 15.6 Å². The Hall–Kier alpha value is -0.660. The van der Waals surface area contributed by atoms with Crippen molar-refractivity contribution in [2.24, 2.45) is 0 Å². The maximum atomic E-state index is 11.4. The monoisotopic (exact) mass is 308 g/mol. The Bertz CT molecular complexity index is 388. The quantitative estimate of drug-likeness (QED) is 0.507. The van der Waals surface area contributed by atoms with Gasteiger partial charge in [0.2, 0.25) is 10.0 Å². The van der Waals surface area contributed by atoms with Gasteiger partial charge in [0.05, 0.1) is 12.7 Å². The number of carbonyl (C=O) groups is 1. The lowest BCUT2D eigenvalue weighted by atomic mass is 10.2. The molecule has 0 aliphatic carbocycles. The molecule has 0 radical (unpaired) electrons. The van der Waals surface area contributed by atoms with E-state index >= 15 is 0 Å². The molecular formula is C13H28N2O4S. The van der Waals surface area contributed by atoms with Crippen LogP contribution in [0.25, 0.3) is 0 Å². The van der Waals surface area contributed by atoms with Crippen molar-refractivity contribution in [3.63, 3.8) is 0 Å². The first-order valence-corrected chi connectivity index (χ1v) is 8.79. The summed E-state index contributed by atoms with van der Waals surface area (Å²) in [5, 5.41) is 3.11. The molecule has 120 valence electrons. The lowest BCUT2D eigenvalue weighted by Gasteiger charge is -2.19. The SMILES string of the molecule is CCN(CCCNCCC(=O)OC(C)(C)C)S(C)(=O)=O. The van der Waals surface area contributed by atoms with E-state index in [1.165, 1.54) is 10.6 Å². The summed E-state index contributed by atoms with van der Waals surface area (Å²) >= 11 is 0. The zero-order valence-corrected chi connectivity index (χ0v) is 14.0. The van der Waals surface area contributed by atoms with Crippen LogP contribution in [0.2, 0.25) is 0 Å². The van der Waals surface area contributed by atoms with Crippen LogP contribution in [0.4, 0.5) is 0 Å². The first kappa shape index (κ1) is 19.3. The van der Waals surface area contributed by atoms with E-state index in [1.807, 2.05) is 27.7 Å². The molecule has 1 N–H and O–H groups in total. The van der Waals surface area contributed by atoms with Crippen LogP contribution in [-0.2, 0) is 19.6 Å². The first-order chi connectivity index (χ1) is 9.06. The predicted molar refractivity (Wildman–Crippen MR) is 80.0 cm³/mol. The molecule has 0 bridgehead atoms. The van der Waals surface area contributed by atoms with Crippen molar-refractivity contribution in [1.29, 1.82) is 0 Å². The number of rotatable bonds is 9. The van der Waals surface area contributed by atoms with Crippen LogP contribution >= 0.6 is 0 Å². The fraction of sp³-hybridized carbons (Fsp3) is 0.923. The van der Waals surface area contributed by atoms with E-state index in [9.17, 15) is 13.2 Å². The Morgan fingerprint density at radius 2 is 1.85 bits per heavy atom. The average Bonchev–Trinajstić information content (AvgIpc) is 2.23. The third-order valence-electron chi connectivity index (χ3n) is 2.51. The second-order valence-electron chi connectivity index (χ2n) is 5.69. The van der Waals surface area contributed by atoms with Crippen molar-refractivity contribution in [3.8, 4) is 0 Å². The van der Waals surface area contributed by atoms with Crippen LogP contribution in [0.1, 0.15) is 40.5 Å². The number of esters is 1. The topological polar surface area (TPSA) is 75.7 Å². The molecule has 0 saturated heterocycles. The van der Waals surface area contributed by atoms with Gasteiger partial charge in [0.15, 0.2) is 0 Å². The molecule has 0 unspecified atom stereocenters. The number of ether oxygens (including phenoxy) is 1. The molecule has 0 atom stereocenters. The molecular weight excluding hydrogens is 280 g/mol. The molecule has 0 spiro atoms. The van der Waals surface area contributed by atoms with Gasteiger partial charge in [-0.2, -0.15) is 0 Å². The lowest BCUT2D eigenvalue weighted by molar-refractivity contribution is -0.154. The molecule has 0 amide bonds. The summed E-state index contributed by atoms with van der Waals surface area (Å²) in [6, 6.07) is 0. The van der Waals surface area contributed by atoms with Gasteiger partial charge in [0.1, 0.15) is 5.60 Å². The van der Waals surface area contributed by atoms with Gasteiger partial charge in [0.25, 0.3) is 0 Å². The maximum Gasteiger partial charge on any atom is 0.307 e. The number of hydrogen-bond donors (Lipinski definition) is 1. The van der Waals surface area contributed by atoms with Gasteiger partial charge in [-0.1, -0.05) is 6.92 Å². The van der Waals surface area contributed by atoms with E-state index in [4.69, 9.17) is 4.74 Å². The van der Waals surface area contributed by atoms with Gasteiger partial charge in [-0.15, -0.1) is 0 Å². The maximum absolute atomic E-state index is 11.4. The highest BCUT2D eigenvalue weighted by molar-refractivity contribution is 7.88. The summed E-state index contributed by atoms with van der Waals surface area (Å²) in [4.78, 5) is 11.4. The zero-order valence-electron chi connectivity index (χ0n) is 13.2. The van der Waals surface area contributed by atoms with Crippen LogP contribution in [0, 0.1) is 0 Å². The van der Waals surface area contributed by atoms with E-state index in [1.54, 1.807) is 0 Å². The molecule has 0 fully saturated rings. The molecule has 6 nitrogen and oxygen atoms in total. The van der Waals surface area contributed by atoms with Crippen molar-refractivity contribution < 1.29 is 17.9 Å². The Kier molecular flexibility index (Phi) is 8.30. The van der Waals surface area contributed by atoms with Crippen LogP contribution in [0.15, 0.2) is 0 Å². The van der Waals surface area contributed by atoms with Crippen LogP contribution in [-0.4, -0.2) is 56.7 Å². The van der Waals surface area contributed by atoms with E-state index in [-0.39, 0.29) is 5.97 Å². The molecule has 0 saturated carbocycles. The summed E-state index contributed by atoms with van der Waals surface area (Å²) in [7, 11) is -3.11. The second kappa shape index (κ2) is 8.59. The molecule has 0 aliphatic rings. The molecule has 20 heavy (non-hydrogen) atoms. The van der Waals surface area contributed by atoms with Crippen molar-refractivity contribution in [1.82, 2.24) is 9.62 Å². The van der Waals surface area contributed by atoms with Crippen LogP contribution in [0.5, 0.6) is 0 Å². The minimum Gasteiger partial charge on any atom is -0.460 e. The first-order valence-electron chi connectivity index (χ1n) is 6.94.